The molecule has 1 atom stereocenters. The van der Waals surface area contributed by atoms with Crippen molar-refractivity contribution < 1.29 is 13.2 Å². The molecule has 3 aliphatic heterocycles. The van der Waals surface area contributed by atoms with Crippen LogP contribution in [0.5, 0.6) is 0 Å². The fourth-order valence-corrected chi connectivity index (χ4v) is 7.21. The lowest BCUT2D eigenvalue weighted by Crippen LogP contribution is -2.72. The van der Waals surface area contributed by atoms with Crippen molar-refractivity contribution in [3.8, 4) is 5.69 Å². The van der Waals surface area contributed by atoms with Gasteiger partial charge in [0.15, 0.2) is 9.84 Å². The van der Waals surface area contributed by atoms with Gasteiger partial charge in [-0.25, -0.2) is 8.42 Å². The highest BCUT2D eigenvalue weighted by molar-refractivity contribution is 7.94. The second-order valence-electron chi connectivity index (χ2n) is 9.36. The summed E-state index contributed by atoms with van der Waals surface area (Å²) in [4.78, 5) is 14.9. The zero-order valence-corrected chi connectivity index (χ0v) is 20.2. The summed E-state index contributed by atoms with van der Waals surface area (Å²) in [6.07, 6.45) is 2.92. The van der Waals surface area contributed by atoms with Gasteiger partial charge in [0.05, 0.1) is 11.4 Å². The number of carbonyl (C=O) groups excluding carboxylic acids is 1. The summed E-state index contributed by atoms with van der Waals surface area (Å²) in [5.41, 5.74) is 3.97. The quantitative estimate of drug-likeness (QED) is 0.556. The van der Waals surface area contributed by atoms with E-state index in [-0.39, 0.29) is 24.0 Å². The van der Waals surface area contributed by atoms with Crippen LogP contribution in [-0.2, 0) is 14.6 Å². The number of aryl methyl sites for hydroxylation is 1. The van der Waals surface area contributed by atoms with E-state index in [4.69, 9.17) is 11.6 Å². The molecule has 0 unspecified atom stereocenters. The maximum atomic E-state index is 13.2. The number of para-hydroxylation sites is 1. The largest absolute Gasteiger partial charge is 0.339 e. The van der Waals surface area contributed by atoms with Crippen LogP contribution < -0.4 is 0 Å². The molecule has 3 aliphatic rings. The Balaban J connectivity index is 1.39. The molecule has 34 heavy (non-hydrogen) atoms. The van der Waals surface area contributed by atoms with Gasteiger partial charge < -0.3 is 4.90 Å². The lowest BCUT2D eigenvalue weighted by Gasteiger charge is -2.54. The number of rotatable bonds is 3. The number of carbonyl (C=O) groups is 1. The standard InChI is InChI=1S/C25H23ClN4O3S/c1-16-27-28-24-18(13-23(31)29-14-25(15-29)10-11-34(25,32)33)12-21(17-6-8-19(26)9-7-17)20-4-2-3-5-22(20)30(16)24/h2-9,12,18H,10-11,13-15H2,1H3/t18-/m1/s1. The summed E-state index contributed by atoms with van der Waals surface area (Å²) in [5, 5.41) is 9.42. The minimum Gasteiger partial charge on any atom is -0.339 e. The Morgan fingerprint density at radius 1 is 1.12 bits per heavy atom. The molecule has 1 amide bonds. The molecule has 0 aliphatic carbocycles. The Kier molecular flexibility index (Phi) is 4.76. The van der Waals surface area contributed by atoms with Gasteiger partial charge in [0.1, 0.15) is 16.4 Å². The average Bonchev–Trinajstić information content (AvgIpc) is 3.10. The van der Waals surface area contributed by atoms with Gasteiger partial charge in [0, 0.05) is 36.0 Å². The molecule has 0 N–H and O–H groups in total. The molecule has 3 aromatic rings. The fraction of sp³-hybridized carbons (Fsp3) is 0.320. The lowest BCUT2D eigenvalue weighted by molar-refractivity contribution is -0.137. The lowest BCUT2D eigenvalue weighted by atomic mass is 9.90. The maximum absolute atomic E-state index is 13.2. The van der Waals surface area contributed by atoms with E-state index in [9.17, 15) is 13.2 Å². The average molecular weight is 495 g/mol. The molecule has 2 fully saturated rings. The van der Waals surface area contributed by atoms with Crippen molar-refractivity contribution >= 4 is 32.9 Å². The van der Waals surface area contributed by atoms with Gasteiger partial charge in [0.2, 0.25) is 5.91 Å². The number of halogens is 1. The Morgan fingerprint density at radius 3 is 2.53 bits per heavy atom. The van der Waals surface area contributed by atoms with E-state index in [2.05, 4.69) is 22.3 Å². The van der Waals surface area contributed by atoms with Crippen LogP contribution in [0.15, 0.2) is 54.6 Å². The van der Waals surface area contributed by atoms with Gasteiger partial charge >= 0.3 is 0 Å². The number of fused-ring (bicyclic) bond motifs is 3. The van der Waals surface area contributed by atoms with Crippen molar-refractivity contribution in [1.29, 1.82) is 0 Å². The second-order valence-corrected chi connectivity index (χ2v) is 12.3. The van der Waals surface area contributed by atoms with E-state index in [0.29, 0.717) is 30.4 Å². The van der Waals surface area contributed by atoms with E-state index in [1.54, 1.807) is 4.90 Å². The fourth-order valence-electron chi connectivity index (χ4n) is 5.26. The summed E-state index contributed by atoms with van der Waals surface area (Å²) in [5.74, 6) is 1.29. The Hall–Kier alpha value is -2.97. The molecule has 1 spiro atoms. The van der Waals surface area contributed by atoms with Gasteiger partial charge in [-0.05, 0) is 42.7 Å². The number of sulfone groups is 1. The first-order valence-corrected chi connectivity index (χ1v) is 13.3. The zero-order valence-electron chi connectivity index (χ0n) is 18.6. The maximum Gasteiger partial charge on any atom is 0.223 e. The number of amides is 1. The van der Waals surface area contributed by atoms with Crippen LogP contribution in [0, 0.1) is 6.92 Å². The first-order chi connectivity index (χ1) is 16.3. The minimum atomic E-state index is -3.06. The predicted molar refractivity (Wildman–Crippen MR) is 130 cm³/mol. The highest BCUT2D eigenvalue weighted by Gasteiger charge is 2.60. The molecular weight excluding hydrogens is 472 g/mol. The smallest absolute Gasteiger partial charge is 0.223 e. The highest BCUT2D eigenvalue weighted by atomic mass is 35.5. The molecule has 0 radical (unpaired) electrons. The van der Waals surface area contributed by atoms with Gasteiger partial charge in [-0.3, -0.25) is 9.36 Å². The third kappa shape index (κ3) is 3.15. The van der Waals surface area contributed by atoms with Crippen LogP contribution >= 0.6 is 11.6 Å². The first kappa shape index (κ1) is 21.6. The molecule has 9 heteroatoms. The molecule has 7 nitrogen and oxygen atoms in total. The van der Waals surface area contributed by atoms with Crippen molar-refractivity contribution in [1.82, 2.24) is 19.7 Å². The summed E-state index contributed by atoms with van der Waals surface area (Å²) in [6.45, 7) is 2.49. The Labute approximate surface area is 203 Å². The van der Waals surface area contributed by atoms with Gasteiger partial charge in [-0.2, -0.15) is 0 Å². The molecule has 0 saturated carbocycles. The number of likely N-dealkylation sites (tertiary alicyclic amines) is 1. The van der Waals surface area contributed by atoms with E-state index < -0.39 is 14.6 Å². The number of allylic oxidation sites excluding steroid dienone is 1. The third-order valence-corrected chi connectivity index (χ3v) is 10.1. The topological polar surface area (TPSA) is 85.2 Å². The van der Waals surface area contributed by atoms with Crippen LogP contribution in [0.1, 0.15) is 41.5 Å². The van der Waals surface area contributed by atoms with E-state index in [1.807, 2.05) is 54.0 Å². The normalized spacial score (nSPS) is 21.5. The van der Waals surface area contributed by atoms with Crippen LogP contribution in [0.4, 0.5) is 0 Å². The van der Waals surface area contributed by atoms with Crippen LogP contribution in [0.3, 0.4) is 0 Å². The van der Waals surface area contributed by atoms with Crippen LogP contribution in [0.25, 0.3) is 11.3 Å². The molecule has 1 aromatic heterocycles. The number of hydrogen-bond donors (Lipinski definition) is 0. The number of nitrogens with zero attached hydrogens (tertiary/aromatic N) is 4. The summed E-state index contributed by atoms with van der Waals surface area (Å²) >= 11 is 6.14. The van der Waals surface area contributed by atoms with Crippen LogP contribution in [0.2, 0.25) is 5.02 Å². The van der Waals surface area contributed by atoms with Crippen LogP contribution in [-0.4, -0.2) is 57.6 Å². The third-order valence-electron chi connectivity index (χ3n) is 7.33. The van der Waals surface area contributed by atoms with E-state index in [1.165, 1.54) is 0 Å². The van der Waals surface area contributed by atoms with E-state index >= 15 is 0 Å². The van der Waals surface area contributed by atoms with Gasteiger partial charge in [0.25, 0.3) is 0 Å². The molecule has 2 saturated heterocycles. The van der Waals surface area contributed by atoms with Crippen molar-refractivity contribution in [3.63, 3.8) is 0 Å². The molecular formula is C25H23ClN4O3S. The number of hydrogen-bond acceptors (Lipinski definition) is 5. The molecule has 6 rings (SSSR count). The first-order valence-electron chi connectivity index (χ1n) is 11.3. The van der Waals surface area contributed by atoms with Gasteiger partial charge in [-0.1, -0.05) is 48.0 Å². The summed E-state index contributed by atoms with van der Waals surface area (Å²) < 4.78 is 25.6. The number of benzene rings is 2. The predicted octanol–water partition coefficient (Wildman–Crippen LogP) is 3.55. The van der Waals surface area contributed by atoms with Crippen molar-refractivity contribution in [2.75, 3.05) is 18.8 Å². The van der Waals surface area contributed by atoms with Crippen molar-refractivity contribution in [2.45, 2.75) is 30.4 Å². The SMILES string of the molecule is Cc1nnc2n1-c1ccccc1C(c1ccc(Cl)cc1)=C[C@@H]2CC(=O)N1CC2(CCS2(=O)=O)C1. The van der Waals surface area contributed by atoms with Gasteiger partial charge in [-0.15, -0.1) is 10.2 Å². The molecule has 0 bridgehead atoms. The molecule has 174 valence electrons. The molecule has 2 aromatic carbocycles. The Bertz CT molecular complexity index is 1450. The minimum absolute atomic E-state index is 0.0670. The summed E-state index contributed by atoms with van der Waals surface area (Å²) in [7, 11) is -3.06. The summed E-state index contributed by atoms with van der Waals surface area (Å²) in [6, 6.07) is 15.7. The highest BCUT2D eigenvalue weighted by Crippen LogP contribution is 2.43. The zero-order chi connectivity index (χ0) is 23.7. The molecule has 4 heterocycles. The van der Waals surface area contributed by atoms with E-state index in [0.717, 1.165) is 28.2 Å². The second kappa shape index (κ2) is 7.52. The monoisotopic (exact) mass is 494 g/mol. The van der Waals surface area contributed by atoms with Crippen molar-refractivity contribution in [2.24, 2.45) is 0 Å². The Morgan fingerprint density at radius 2 is 1.85 bits per heavy atom. The number of aromatic nitrogens is 3. The van der Waals surface area contributed by atoms with Crippen molar-refractivity contribution in [3.05, 3.63) is 82.4 Å².